The molecule has 1 aromatic carbocycles. The van der Waals surface area contributed by atoms with E-state index in [9.17, 15) is 4.79 Å². The molecule has 0 unspecified atom stereocenters. The van der Waals surface area contributed by atoms with Gasteiger partial charge in [0.15, 0.2) is 0 Å². The number of benzene rings is 1. The van der Waals surface area contributed by atoms with Crippen molar-refractivity contribution in [3.63, 3.8) is 0 Å². The van der Waals surface area contributed by atoms with Gasteiger partial charge in [0.05, 0.1) is 12.0 Å². The molecule has 0 heterocycles. The summed E-state index contributed by atoms with van der Waals surface area (Å²) < 4.78 is 6.44. The molecule has 2 nitrogen and oxygen atoms in total. The molecule has 1 rings (SSSR count). The highest BCUT2D eigenvalue weighted by Gasteiger charge is 2.31. The molecule has 0 atom stereocenters. The zero-order valence-corrected chi connectivity index (χ0v) is 15.0. The maximum atomic E-state index is 12.2. The van der Waals surface area contributed by atoms with E-state index in [1.54, 1.807) is 0 Å². The predicted molar refractivity (Wildman–Crippen MR) is 86.3 cm³/mol. The van der Waals surface area contributed by atoms with Gasteiger partial charge >= 0.3 is 5.97 Å². The first-order valence-corrected chi connectivity index (χ1v) is 11.1. The van der Waals surface area contributed by atoms with Crippen LogP contribution in [0.4, 0.5) is 0 Å². The summed E-state index contributed by atoms with van der Waals surface area (Å²) in [7, 11) is -1.16. The third kappa shape index (κ3) is 5.11. The highest BCUT2D eigenvalue weighted by atomic mass is 79.9. The van der Waals surface area contributed by atoms with Gasteiger partial charge in [-0.2, -0.15) is 0 Å². The fourth-order valence-corrected chi connectivity index (χ4v) is 2.74. The Hall–Kier alpha value is -0.613. The fourth-order valence-electron chi connectivity index (χ4n) is 1.63. The van der Waals surface area contributed by atoms with Crippen LogP contribution in [0.2, 0.25) is 25.7 Å². The minimum absolute atomic E-state index is 0.149. The molecule has 0 aromatic heterocycles. The number of halogens is 1. The van der Waals surface area contributed by atoms with Gasteiger partial charge in [0.25, 0.3) is 0 Å². The van der Waals surface area contributed by atoms with Crippen LogP contribution in [0.5, 0.6) is 0 Å². The van der Waals surface area contributed by atoms with Gasteiger partial charge in [-0.05, 0) is 37.6 Å². The van der Waals surface area contributed by atoms with Gasteiger partial charge in [0, 0.05) is 12.5 Å². The molecule has 19 heavy (non-hydrogen) atoms. The number of ether oxygens (including phenoxy) is 1. The number of esters is 1. The van der Waals surface area contributed by atoms with Crippen LogP contribution in [-0.2, 0) is 14.9 Å². The third-order valence-electron chi connectivity index (χ3n) is 3.14. The highest BCUT2D eigenvalue weighted by molar-refractivity contribution is 9.10. The quantitative estimate of drug-likeness (QED) is 0.577. The van der Waals surface area contributed by atoms with Gasteiger partial charge in [0.2, 0.25) is 0 Å². The first-order chi connectivity index (χ1) is 8.63. The molecule has 0 amide bonds. The van der Waals surface area contributed by atoms with Crippen LogP contribution in [0.1, 0.15) is 19.4 Å². The topological polar surface area (TPSA) is 26.3 Å². The maximum absolute atomic E-state index is 12.2. The summed E-state index contributed by atoms with van der Waals surface area (Å²) in [4.78, 5) is 12.2. The van der Waals surface area contributed by atoms with E-state index in [0.717, 1.165) is 16.1 Å². The predicted octanol–water partition coefficient (Wildman–Crippen LogP) is 4.61. The van der Waals surface area contributed by atoms with Gasteiger partial charge in [-0.1, -0.05) is 47.7 Å². The van der Waals surface area contributed by atoms with E-state index in [-0.39, 0.29) is 5.97 Å². The largest absolute Gasteiger partial charge is 0.465 e. The van der Waals surface area contributed by atoms with Crippen molar-refractivity contribution in [2.75, 3.05) is 6.61 Å². The monoisotopic (exact) mass is 342 g/mol. The maximum Gasteiger partial charge on any atom is 0.315 e. The van der Waals surface area contributed by atoms with Crippen LogP contribution in [0, 0.1) is 0 Å². The zero-order valence-electron chi connectivity index (χ0n) is 12.4. The Bertz CT molecular complexity index is 450. The molecule has 0 saturated heterocycles. The molecular weight excluding hydrogens is 320 g/mol. The lowest BCUT2D eigenvalue weighted by molar-refractivity contribution is -0.148. The van der Waals surface area contributed by atoms with E-state index < -0.39 is 13.5 Å². The van der Waals surface area contributed by atoms with Crippen molar-refractivity contribution in [3.05, 3.63) is 34.3 Å². The molecule has 106 valence electrons. The lowest BCUT2D eigenvalue weighted by Crippen LogP contribution is -2.32. The summed E-state index contributed by atoms with van der Waals surface area (Å²) in [5.41, 5.74) is 0.364. The van der Waals surface area contributed by atoms with Gasteiger partial charge < -0.3 is 4.74 Å². The van der Waals surface area contributed by atoms with E-state index >= 15 is 0 Å². The molecule has 1 aromatic rings. The second kappa shape index (κ2) is 6.22. The van der Waals surface area contributed by atoms with Crippen molar-refractivity contribution in [2.24, 2.45) is 0 Å². The van der Waals surface area contributed by atoms with Gasteiger partial charge in [-0.25, -0.2) is 0 Å². The van der Waals surface area contributed by atoms with Crippen molar-refractivity contribution in [2.45, 2.75) is 44.9 Å². The molecule has 0 saturated carbocycles. The Kier molecular flexibility index (Phi) is 5.39. The average molecular weight is 343 g/mol. The van der Waals surface area contributed by atoms with Crippen molar-refractivity contribution in [1.29, 1.82) is 0 Å². The van der Waals surface area contributed by atoms with Crippen LogP contribution in [0.25, 0.3) is 0 Å². The average Bonchev–Trinajstić information content (AvgIpc) is 2.27. The number of hydrogen-bond acceptors (Lipinski definition) is 2. The van der Waals surface area contributed by atoms with Crippen LogP contribution >= 0.6 is 15.9 Å². The first-order valence-electron chi connectivity index (χ1n) is 6.56. The highest BCUT2D eigenvalue weighted by Crippen LogP contribution is 2.27. The van der Waals surface area contributed by atoms with E-state index in [1.807, 2.05) is 38.1 Å². The Morgan fingerprint density at radius 3 is 2.47 bits per heavy atom. The van der Waals surface area contributed by atoms with Crippen molar-refractivity contribution >= 4 is 30.0 Å². The Balaban J connectivity index is 2.69. The molecule has 0 aliphatic heterocycles. The van der Waals surface area contributed by atoms with Crippen LogP contribution in [0.15, 0.2) is 28.7 Å². The molecule has 0 bridgehead atoms. The number of hydrogen-bond donors (Lipinski definition) is 0. The summed E-state index contributed by atoms with van der Waals surface area (Å²) in [6.45, 7) is 11.2. The molecular formula is C15H23BrO2Si. The molecule has 0 radical (unpaired) electrons. The molecule has 0 N–H and O–H groups in total. The Morgan fingerprint density at radius 1 is 1.32 bits per heavy atom. The van der Waals surface area contributed by atoms with Crippen molar-refractivity contribution in [1.82, 2.24) is 0 Å². The summed E-state index contributed by atoms with van der Waals surface area (Å²) in [6.07, 6.45) is 0. The summed E-state index contributed by atoms with van der Waals surface area (Å²) in [5.74, 6) is -0.149. The number of carbonyl (C=O) groups is 1. The van der Waals surface area contributed by atoms with Gasteiger partial charge in [0.1, 0.15) is 0 Å². The van der Waals surface area contributed by atoms with E-state index in [1.165, 1.54) is 0 Å². The van der Waals surface area contributed by atoms with Crippen LogP contribution < -0.4 is 0 Å². The third-order valence-corrected chi connectivity index (χ3v) is 5.34. The summed E-state index contributed by atoms with van der Waals surface area (Å²) >= 11 is 3.44. The number of carbonyl (C=O) groups excluding carboxylic acids is 1. The fraction of sp³-hybridized carbons (Fsp3) is 0.533. The summed E-state index contributed by atoms with van der Waals surface area (Å²) in [6, 6.07) is 8.84. The lowest BCUT2D eigenvalue weighted by Gasteiger charge is -2.24. The molecule has 0 aliphatic carbocycles. The smallest absolute Gasteiger partial charge is 0.315 e. The Labute approximate surface area is 125 Å². The lowest BCUT2D eigenvalue weighted by atomic mass is 9.85. The molecule has 0 spiro atoms. The second-order valence-corrected chi connectivity index (χ2v) is 13.1. The zero-order chi connectivity index (χ0) is 14.7. The normalized spacial score (nSPS) is 12.3. The van der Waals surface area contributed by atoms with Crippen molar-refractivity contribution in [3.8, 4) is 0 Å². The molecule has 0 fully saturated rings. The second-order valence-electron chi connectivity index (χ2n) is 6.58. The van der Waals surface area contributed by atoms with Gasteiger partial charge in [-0.3, -0.25) is 4.79 Å². The van der Waals surface area contributed by atoms with Crippen molar-refractivity contribution < 1.29 is 9.53 Å². The molecule has 4 heteroatoms. The Morgan fingerprint density at radius 2 is 1.95 bits per heavy atom. The SMILES string of the molecule is CC(C)(C(=O)OCC[Si](C)(C)C)c1cccc(Br)c1. The number of rotatable bonds is 5. The first kappa shape index (κ1) is 16.4. The minimum Gasteiger partial charge on any atom is -0.465 e. The minimum atomic E-state index is -1.16. The standard InChI is InChI=1S/C15H23BrO2Si/c1-15(2,12-7-6-8-13(16)11-12)14(17)18-9-10-19(3,4)5/h6-8,11H,9-10H2,1-5H3. The molecule has 0 aliphatic rings. The summed E-state index contributed by atoms with van der Waals surface area (Å²) in [5, 5.41) is 0. The van der Waals surface area contributed by atoms with E-state index in [4.69, 9.17) is 4.74 Å². The van der Waals surface area contributed by atoms with E-state index in [2.05, 4.69) is 35.6 Å². The van der Waals surface area contributed by atoms with E-state index in [0.29, 0.717) is 6.61 Å². The van der Waals surface area contributed by atoms with Crippen LogP contribution in [0.3, 0.4) is 0 Å². The van der Waals surface area contributed by atoms with Crippen LogP contribution in [-0.4, -0.2) is 20.7 Å². The van der Waals surface area contributed by atoms with Gasteiger partial charge in [-0.15, -0.1) is 0 Å².